The summed E-state index contributed by atoms with van der Waals surface area (Å²) in [4.78, 5) is 2.15. The van der Waals surface area contributed by atoms with E-state index < -0.39 is 0 Å². The fourth-order valence-corrected chi connectivity index (χ4v) is 4.22. The van der Waals surface area contributed by atoms with E-state index in [2.05, 4.69) is 22.1 Å². The SMILES string of the molecule is Cc1nnc(N(C)CC2CC3CCC2C3)c(C(=N)N)c1C. The molecule has 2 fully saturated rings. The Labute approximate surface area is 126 Å². The van der Waals surface area contributed by atoms with Gasteiger partial charge in [-0.15, -0.1) is 5.10 Å². The number of nitrogens with one attached hydrogen (secondary N) is 1. The molecule has 0 aliphatic heterocycles. The van der Waals surface area contributed by atoms with Gasteiger partial charge in [0.05, 0.1) is 11.3 Å². The van der Waals surface area contributed by atoms with Crippen molar-refractivity contribution >= 4 is 11.7 Å². The highest BCUT2D eigenvalue weighted by Crippen LogP contribution is 2.48. The summed E-state index contributed by atoms with van der Waals surface area (Å²) in [5.41, 5.74) is 8.33. The standard InChI is InChI=1S/C16H25N5/c1-9-10(2)19-20-16(14(9)15(17)18)21(3)8-13-7-11-4-5-12(13)6-11/h11-13H,4-8H2,1-3H3,(H3,17,18). The molecule has 1 aromatic rings. The minimum atomic E-state index is 0.0836. The molecule has 5 heteroatoms. The van der Waals surface area contributed by atoms with Crippen molar-refractivity contribution in [2.45, 2.75) is 39.5 Å². The van der Waals surface area contributed by atoms with Crippen LogP contribution in [0.1, 0.15) is 42.5 Å². The van der Waals surface area contributed by atoms with E-state index in [9.17, 15) is 0 Å². The zero-order valence-corrected chi connectivity index (χ0v) is 13.2. The lowest BCUT2D eigenvalue weighted by molar-refractivity contribution is 0.337. The quantitative estimate of drug-likeness (QED) is 0.657. The number of hydrogen-bond donors (Lipinski definition) is 2. The fourth-order valence-electron chi connectivity index (χ4n) is 4.22. The molecule has 1 aromatic heterocycles. The molecule has 0 spiro atoms. The summed E-state index contributed by atoms with van der Waals surface area (Å²) in [5.74, 6) is 3.44. The van der Waals surface area contributed by atoms with Gasteiger partial charge in [-0.05, 0) is 56.4 Å². The molecular formula is C16H25N5. The molecule has 2 aliphatic rings. The molecule has 3 atom stereocenters. The van der Waals surface area contributed by atoms with Gasteiger partial charge >= 0.3 is 0 Å². The third-order valence-corrected chi connectivity index (χ3v) is 5.46. The Kier molecular flexibility index (Phi) is 3.59. The molecular weight excluding hydrogens is 262 g/mol. The topological polar surface area (TPSA) is 78.9 Å². The van der Waals surface area contributed by atoms with Crippen molar-refractivity contribution in [2.24, 2.45) is 23.5 Å². The van der Waals surface area contributed by atoms with Gasteiger partial charge in [0.1, 0.15) is 5.84 Å². The lowest BCUT2D eigenvalue weighted by Gasteiger charge is -2.29. The van der Waals surface area contributed by atoms with Crippen molar-refractivity contribution in [2.75, 3.05) is 18.5 Å². The number of fused-ring (bicyclic) bond motifs is 2. The van der Waals surface area contributed by atoms with Gasteiger partial charge < -0.3 is 10.6 Å². The van der Waals surface area contributed by atoms with Crippen LogP contribution >= 0.6 is 0 Å². The van der Waals surface area contributed by atoms with E-state index in [0.717, 1.165) is 46.9 Å². The Morgan fingerprint density at radius 2 is 2.05 bits per heavy atom. The van der Waals surface area contributed by atoms with E-state index in [1.165, 1.54) is 25.7 Å². The van der Waals surface area contributed by atoms with Gasteiger partial charge in [-0.1, -0.05) is 6.42 Å². The molecule has 1 heterocycles. The van der Waals surface area contributed by atoms with Gasteiger partial charge in [-0.2, -0.15) is 5.10 Å². The molecule has 114 valence electrons. The van der Waals surface area contributed by atoms with Crippen molar-refractivity contribution < 1.29 is 0 Å². The number of amidine groups is 1. The van der Waals surface area contributed by atoms with Gasteiger partial charge in [0, 0.05) is 13.6 Å². The summed E-state index contributed by atoms with van der Waals surface area (Å²) in [5, 5.41) is 16.4. The molecule has 0 aromatic carbocycles. The van der Waals surface area contributed by atoms with Crippen LogP contribution in [0.15, 0.2) is 0 Å². The van der Waals surface area contributed by atoms with Gasteiger partial charge in [-0.25, -0.2) is 0 Å². The van der Waals surface area contributed by atoms with Crippen molar-refractivity contribution in [1.29, 1.82) is 5.41 Å². The first-order chi connectivity index (χ1) is 9.97. The molecule has 5 nitrogen and oxygen atoms in total. The van der Waals surface area contributed by atoms with Crippen LogP contribution in [0.5, 0.6) is 0 Å². The molecule has 21 heavy (non-hydrogen) atoms. The number of aryl methyl sites for hydroxylation is 1. The molecule has 3 unspecified atom stereocenters. The molecule has 2 bridgehead atoms. The molecule has 0 amide bonds. The maximum atomic E-state index is 7.86. The number of rotatable bonds is 4. The summed E-state index contributed by atoms with van der Waals surface area (Å²) >= 11 is 0. The molecule has 3 N–H and O–H groups in total. The first-order valence-electron chi connectivity index (χ1n) is 7.86. The Balaban J connectivity index is 1.83. The lowest BCUT2D eigenvalue weighted by Crippen LogP contribution is -2.32. The van der Waals surface area contributed by atoms with Crippen molar-refractivity contribution in [3.8, 4) is 0 Å². The first-order valence-corrected chi connectivity index (χ1v) is 7.86. The number of nitrogen functional groups attached to an aromatic ring is 1. The van der Waals surface area contributed by atoms with Crippen molar-refractivity contribution in [3.63, 3.8) is 0 Å². The highest BCUT2D eigenvalue weighted by molar-refractivity contribution is 6.01. The predicted octanol–water partition coefficient (Wildman–Crippen LogP) is 2.25. The van der Waals surface area contributed by atoms with E-state index in [1.54, 1.807) is 0 Å². The molecule has 3 rings (SSSR count). The summed E-state index contributed by atoms with van der Waals surface area (Å²) < 4.78 is 0. The van der Waals surface area contributed by atoms with E-state index >= 15 is 0 Å². The summed E-state index contributed by atoms with van der Waals surface area (Å²) in [6, 6.07) is 0. The Morgan fingerprint density at radius 1 is 1.29 bits per heavy atom. The molecule has 2 aliphatic carbocycles. The molecule has 0 saturated heterocycles. The van der Waals surface area contributed by atoms with Crippen LogP contribution < -0.4 is 10.6 Å². The van der Waals surface area contributed by atoms with Gasteiger partial charge in [-0.3, -0.25) is 5.41 Å². The monoisotopic (exact) mass is 287 g/mol. The van der Waals surface area contributed by atoms with Crippen LogP contribution in [0.2, 0.25) is 0 Å². The highest BCUT2D eigenvalue weighted by Gasteiger charge is 2.40. The van der Waals surface area contributed by atoms with Crippen molar-refractivity contribution in [3.05, 3.63) is 16.8 Å². The number of nitrogens with zero attached hydrogens (tertiary/aromatic N) is 3. The third kappa shape index (κ3) is 2.49. The second-order valence-corrected chi connectivity index (χ2v) is 6.84. The zero-order valence-electron chi connectivity index (χ0n) is 13.2. The van der Waals surface area contributed by atoms with E-state index in [0.29, 0.717) is 0 Å². The average Bonchev–Trinajstić information content (AvgIpc) is 3.03. The number of aromatic nitrogens is 2. The minimum Gasteiger partial charge on any atom is -0.384 e. The summed E-state index contributed by atoms with van der Waals surface area (Å²) in [6.07, 6.45) is 5.58. The third-order valence-electron chi connectivity index (χ3n) is 5.46. The van der Waals surface area contributed by atoms with Crippen LogP contribution in [-0.2, 0) is 0 Å². The maximum Gasteiger partial charge on any atom is 0.162 e. The number of anilines is 1. The van der Waals surface area contributed by atoms with E-state index in [4.69, 9.17) is 11.1 Å². The second kappa shape index (κ2) is 5.28. The lowest BCUT2D eigenvalue weighted by atomic mass is 9.88. The Morgan fingerprint density at radius 3 is 2.62 bits per heavy atom. The largest absolute Gasteiger partial charge is 0.384 e. The molecule has 0 radical (unpaired) electrons. The van der Waals surface area contributed by atoms with Gasteiger partial charge in [0.15, 0.2) is 5.82 Å². The van der Waals surface area contributed by atoms with E-state index in [-0.39, 0.29) is 5.84 Å². The zero-order chi connectivity index (χ0) is 15.1. The maximum absolute atomic E-state index is 7.86. The van der Waals surface area contributed by atoms with Crippen molar-refractivity contribution in [1.82, 2.24) is 10.2 Å². The summed E-state index contributed by atoms with van der Waals surface area (Å²) in [7, 11) is 2.05. The Bertz CT molecular complexity index is 568. The normalized spacial score (nSPS) is 27.1. The van der Waals surface area contributed by atoms with Crippen LogP contribution in [0, 0.1) is 37.0 Å². The highest BCUT2D eigenvalue weighted by atomic mass is 15.3. The van der Waals surface area contributed by atoms with Crippen LogP contribution in [0.4, 0.5) is 5.82 Å². The minimum absolute atomic E-state index is 0.0836. The second-order valence-electron chi connectivity index (χ2n) is 6.84. The van der Waals surface area contributed by atoms with E-state index in [1.807, 2.05) is 13.8 Å². The molecule has 2 saturated carbocycles. The van der Waals surface area contributed by atoms with Crippen LogP contribution in [0.3, 0.4) is 0 Å². The fraction of sp³-hybridized carbons (Fsp3) is 0.688. The smallest absolute Gasteiger partial charge is 0.162 e. The van der Waals surface area contributed by atoms with Gasteiger partial charge in [0.2, 0.25) is 0 Å². The number of hydrogen-bond acceptors (Lipinski definition) is 4. The predicted molar refractivity (Wildman–Crippen MR) is 84.7 cm³/mol. The van der Waals surface area contributed by atoms with Crippen LogP contribution in [-0.4, -0.2) is 29.6 Å². The average molecular weight is 287 g/mol. The summed E-state index contributed by atoms with van der Waals surface area (Å²) in [6.45, 7) is 4.88. The van der Waals surface area contributed by atoms with Crippen LogP contribution in [0.25, 0.3) is 0 Å². The first kappa shape index (κ1) is 14.3. The van der Waals surface area contributed by atoms with Gasteiger partial charge in [0.25, 0.3) is 0 Å². The Hall–Kier alpha value is -1.65. The number of nitrogens with two attached hydrogens (primary N) is 1.